The fourth-order valence-corrected chi connectivity index (χ4v) is 5.54. The Labute approximate surface area is 171 Å². The molecule has 0 radical (unpaired) electrons. The molecule has 0 saturated heterocycles. The largest absolute Gasteiger partial charge is 0.0616 e. The first kappa shape index (κ1) is 16.8. The van der Waals surface area contributed by atoms with Gasteiger partial charge >= 0.3 is 0 Å². The van der Waals surface area contributed by atoms with E-state index in [9.17, 15) is 0 Å². The zero-order chi connectivity index (χ0) is 19.4. The summed E-state index contributed by atoms with van der Waals surface area (Å²) in [5.74, 6) is 0.602. The molecule has 5 aromatic carbocycles. The predicted octanol–water partition coefficient (Wildman–Crippen LogP) is 7.73. The zero-order valence-corrected chi connectivity index (χ0v) is 16.8. The molecule has 0 spiro atoms. The van der Waals surface area contributed by atoms with Crippen LogP contribution >= 0.6 is 0 Å². The smallest absolute Gasteiger partial charge is 0.0102 e. The van der Waals surface area contributed by atoms with Crippen molar-refractivity contribution in [2.45, 2.75) is 32.1 Å². The molecule has 1 aliphatic rings. The summed E-state index contributed by atoms with van der Waals surface area (Å²) in [6.07, 6.45) is 3.54. The normalized spacial score (nSPS) is 16.4. The average molecular weight is 373 g/mol. The quantitative estimate of drug-likeness (QED) is 0.264. The highest BCUT2D eigenvalue weighted by Gasteiger charge is 2.23. The van der Waals surface area contributed by atoms with Crippen molar-refractivity contribution in [3.05, 3.63) is 107 Å². The third kappa shape index (κ3) is 2.59. The fraction of sp³-hybridized carbons (Fsp3) is 0.172. The lowest BCUT2D eigenvalue weighted by molar-refractivity contribution is 0.591. The van der Waals surface area contributed by atoms with E-state index in [0.717, 1.165) is 12.8 Å². The van der Waals surface area contributed by atoms with Gasteiger partial charge in [0.1, 0.15) is 0 Å². The van der Waals surface area contributed by atoms with Crippen molar-refractivity contribution in [2.75, 3.05) is 0 Å². The SMILES string of the molecule is Cc1cccc2cccc(C3CCc4c(ccc5c4ccc4ccccc45)C3)c12. The highest BCUT2D eigenvalue weighted by Crippen LogP contribution is 2.40. The lowest BCUT2D eigenvalue weighted by Gasteiger charge is -2.28. The van der Waals surface area contributed by atoms with Crippen LogP contribution in [0, 0.1) is 6.92 Å². The van der Waals surface area contributed by atoms with Gasteiger partial charge in [0, 0.05) is 0 Å². The molecule has 0 heteroatoms. The summed E-state index contributed by atoms with van der Waals surface area (Å²) in [7, 11) is 0. The predicted molar refractivity (Wildman–Crippen MR) is 125 cm³/mol. The van der Waals surface area contributed by atoms with Gasteiger partial charge in [-0.1, -0.05) is 84.9 Å². The van der Waals surface area contributed by atoms with Crippen LogP contribution in [-0.2, 0) is 12.8 Å². The zero-order valence-electron chi connectivity index (χ0n) is 16.8. The first-order chi connectivity index (χ1) is 14.3. The molecule has 1 atom stereocenters. The van der Waals surface area contributed by atoms with Crippen molar-refractivity contribution < 1.29 is 0 Å². The minimum absolute atomic E-state index is 0.602. The summed E-state index contributed by atoms with van der Waals surface area (Å²) >= 11 is 0. The van der Waals surface area contributed by atoms with E-state index in [0.29, 0.717) is 5.92 Å². The van der Waals surface area contributed by atoms with E-state index >= 15 is 0 Å². The molecule has 1 unspecified atom stereocenters. The first-order valence-electron chi connectivity index (χ1n) is 10.7. The Morgan fingerprint density at radius 1 is 0.655 bits per heavy atom. The Morgan fingerprint density at radius 3 is 2.38 bits per heavy atom. The van der Waals surface area contributed by atoms with Crippen molar-refractivity contribution in [2.24, 2.45) is 0 Å². The van der Waals surface area contributed by atoms with Gasteiger partial charge in [0.05, 0.1) is 0 Å². The Morgan fingerprint density at radius 2 is 1.45 bits per heavy atom. The van der Waals surface area contributed by atoms with Crippen molar-refractivity contribution in [1.82, 2.24) is 0 Å². The van der Waals surface area contributed by atoms with E-state index in [4.69, 9.17) is 0 Å². The van der Waals surface area contributed by atoms with Crippen molar-refractivity contribution in [3.8, 4) is 0 Å². The third-order valence-electron chi connectivity index (χ3n) is 6.93. The molecule has 0 heterocycles. The Bertz CT molecular complexity index is 1380. The van der Waals surface area contributed by atoms with Crippen LogP contribution in [0.15, 0.2) is 84.9 Å². The number of benzene rings is 5. The highest BCUT2D eigenvalue weighted by molar-refractivity contribution is 6.08. The number of fused-ring (bicyclic) bond motifs is 6. The monoisotopic (exact) mass is 372 g/mol. The molecule has 140 valence electrons. The van der Waals surface area contributed by atoms with E-state index in [1.807, 2.05) is 0 Å². The molecule has 1 aliphatic carbocycles. The first-order valence-corrected chi connectivity index (χ1v) is 10.7. The van der Waals surface area contributed by atoms with Gasteiger partial charge in [-0.15, -0.1) is 0 Å². The molecule has 0 aliphatic heterocycles. The second-order valence-electron chi connectivity index (χ2n) is 8.55. The van der Waals surface area contributed by atoms with E-state index in [2.05, 4.69) is 91.9 Å². The molecule has 5 aromatic rings. The van der Waals surface area contributed by atoms with Gasteiger partial charge in [0.2, 0.25) is 0 Å². The van der Waals surface area contributed by atoms with Gasteiger partial charge in [-0.05, 0) is 86.7 Å². The van der Waals surface area contributed by atoms with Crippen LogP contribution in [0.3, 0.4) is 0 Å². The van der Waals surface area contributed by atoms with E-state index in [-0.39, 0.29) is 0 Å². The summed E-state index contributed by atoms with van der Waals surface area (Å²) in [6.45, 7) is 2.25. The fourth-order valence-electron chi connectivity index (χ4n) is 5.54. The Hall–Kier alpha value is -3.12. The number of hydrogen-bond donors (Lipinski definition) is 0. The molecule has 29 heavy (non-hydrogen) atoms. The van der Waals surface area contributed by atoms with Gasteiger partial charge in [-0.25, -0.2) is 0 Å². The standard InChI is InChI=1S/C29H24/c1-19-6-4-8-21-9-5-11-26(29(19)21)23-13-15-25-22(18-23)14-17-27-24-10-3-2-7-20(24)12-16-28(25)27/h2-12,14,16-17,23H,13,15,18H2,1H3. The molecule has 0 aromatic heterocycles. The van der Waals surface area contributed by atoms with Gasteiger partial charge in [-0.2, -0.15) is 0 Å². The lowest BCUT2D eigenvalue weighted by Crippen LogP contribution is -2.13. The van der Waals surface area contributed by atoms with Gasteiger partial charge in [0.25, 0.3) is 0 Å². The maximum atomic E-state index is 2.40. The third-order valence-corrected chi connectivity index (χ3v) is 6.93. The molecule has 0 fully saturated rings. The van der Waals surface area contributed by atoms with Gasteiger partial charge in [0.15, 0.2) is 0 Å². The maximum Gasteiger partial charge on any atom is -0.0102 e. The Kier molecular flexibility index (Phi) is 3.74. The van der Waals surface area contributed by atoms with Crippen molar-refractivity contribution in [3.63, 3.8) is 0 Å². The van der Waals surface area contributed by atoms with E-state index in [1.165, 1.54) is 55.4 Å². The van der Waals surface area contributed by atoms with Crippen LogP contribution < -0.4 is 0 Å². The highest BCUT2D eigenvalue weighted by atomic mass is 14.3. The lowest BCUT2D eigenvalue weighted by atomic mass is 9.77. The van der Waals surface area contributed by atoms with E-state index in [1.54, 1.807) is 5.56 Å². The van der Waals surface area contributed by atoms with Crippen LogP contribution in [0.25, 0.3) is 32.3 Å². The van der Waals surface area contributed by atoms with Crippen LogP contribution in [0.1, 0.15) is 34.6 Å². The molecule has 0 saturated carbocycles. The summed E-state index contributed by atoms with van der Waals surface area (Å²) in [4.78, 5) is 0. The minimum Gasteiger partial charge on any atom is -0.0616 e. The second-order valence-corrected chi connectivity index (χ2v) is 8.55. The van der Waals surface area contributed by atoms with Crippen molar-refractivity contribution in [1.29, 1.82) is 0 Å². The number of rotatable bonds is 1. The molecular formula is C29H24. The Balaban J connectivity index is 1.48. The minimum atomic E-state index is 0.602. The topological polar surface area (TPSA) is 0 Å². The summed E-state index contributed by atoms with van der Waals surface area (Å²) in [5.41, 5.74) is 6.04. The summed E-state index contributed by atoms with van der Waals surface area (Å²) in [5, 5.41) is 8.41. The number of hydrogen-bond acceptors (Lipinski definition) is 0. The van der Waals surface area contributed by atoms with Crippen LogP contribution in [-0.4, -0.2) is 0 Å². The van der Waals surface area contributed by atoms with Gasteiger partial charge < -0.3 is 0 Å². The van der Waals surface area contributed by atoms with E-state index < -0.39 is 0 Å². The van der Waals surface area contributed by atoms with Crippen LogP contribution in [0.4, 0.5) is 0 Å². The van der Waals surface area contributed by atoms with Gasteiger partial charge in [-0.3, -0.25) is 0 Å². The average Bonchev–Trinajstić information content (AvgIpc) is 2.78. The molecule has 0 amide bonds. The summed E-state index contributed by atoms with van der Waals surface area (Å²) < 4.78 is 0. The molecule has 0 N–H and O–H groups in total. The maximum absolute atomic E-state index is 2.40. The second kappa shape index (κ2) is 6.46. The number of aryl methyl sites for hydroxylation is 2. The molecule has 0 nitrogen and oxygen atoms in total. The molecular weight excluding hydrogens is 348 g/mol. The molecule has 0 bridgehead atoms. The van der Waals surface area contributed by atoms with Crippen LogP contribution in [0.2, 0.25) is 0 Å². The van der Waals surface area contributed by atoms with Crippen molar-refractivity contribution >= 4 is 32.3 Å². The summed E-state index contributed by atoms with van der Waals surface area (Å²) in [6, 6.07) is 31.7. The van der Waals surface area contributed by atoms with Crippen LogP contribution in [0.5, 0.6) is 0 Å². The molecule has 6 rings (SSSR count).